The van der Waals surface area contributed by atoms with E-state index in [4.69, 9.17) is 0 Å². The summed E-state index contributed by atoms with van der Waals surface area (Å²) >= 11 is 0. The lowest BCUT2D eigenvalue weighted by atomic mass is 10.3. The average molecular weight is 428 g/mol. The largest absolute Gasteiger partial charge is 0.370 e. The molecule has 1 aromatic carbocycles. The van der Waals surface area contributed by atoms with Gasteiger partial charge in [0.1, 0.15) is 5.82 Å². The van der Waals surface area contributed by atoms with Crippen molar-refractivity contribution in [3.8, 4) is 5.69 Å². The van der Waals surface area contributed by atoms with E-state index in [0.717, 1.165) is 23.7 Å². The Labute approximate surface area is 176 Å². The van der Waals surface area contributed by atoms with Crippen LogP contribution in [0.3, 0.4) is 0 Å². The van der Waals surface area contributed by atoms with Gasteiger partial charge in [0.15, 0.2) is 0 Å². The van der Waals surface area contributed by atoms with Crippen molar-refractivity contribution in [2.24, 2.45) is 0 Å². The van der Waals surface area contributed by atoms with Gasteiger partial charge in [0.25, 0.3) is 0 Å². The van der Waals surface area contributed by atoms with Gasteiger partial charge < -0.3 is 10.2 Å². The second-order valence-corrected chi connectivity index (χ2v) is 9.00. The number of hydrogen-bond donors (Lipinski definition) is 1. The average Bonchev–Trinajstić information content (AvgIpc) is 3.29. The highest BCUT2D eigenvalue weighted by molar-refractivity contribution is 7.89. The minimum atomic E-state index is -3.55. The molecule has 30 heavy (non-hydrogen) atoms. The van der Waals surface area contributed by atoms with Crippen LogP contribution >= 0.6 is 0 Å². The van der Waals surface area contributed by atoms with E-state index in [1.165, 1.54) is 4.31 Å². The molecule has 1 saturated heterocycles. The van der Waals surface area contributed by atoms with Crippen LogP contribution in [0, 0.1) is 6.92 Å². The summed E-state index contributed by atoms with van der Waals surface area (Å²) in [7, 11) is -3.55. The lowest BCUT2D eigenvalue weighted by Gasteiger charge is -2.34. The van der Waals surface area contributed by atoms with Crippen molar-refractivity contribution in [3.05, 3.63) is 54.5 Å². The van der Waals surface area contributed by atoms with E-state index in [1.807, 2.05) is 37.1 Å². The molecule has 0 amide bonds. The predicted molar refractivity (Wildman–Crippen MR) is 115 cm³/mol. The molecule has 0 unspecified atom stereocenters. The number of rotatable bonds is 6. The SMILES string of the molecule is CCNc1cc(C)nc(N2CCN(S(=O)(=O)c3ccc(-n4cccn4)cc3)CC2)n1. The molecule has 0 radical (unpaired) electrons. The minimum absolute atomic E-state index is 0.285. The number of nitrogens with zero attached hydrogens (tertiary/aromatic N) is 6. The van der Waals surface area contributed by atoms with Crippen LogP contribution in [0.2, 0.25) is 0 Å². The fraction of sp³-hybridized carbons (Fsp3) is 0.350. The maximum atomic E-state index is 13.1. The number of benzene rings is 1. The molecule has 3 aromatic rings. The third kappa shape index (κ3) is 4.14. The Balaban J connectivity index is 1.45. The van der Waals surface area contributed by atoms with Crippen LogP contribution in [0.25, 0.3) is 5.69 Å². The lowest BCUT2D eigenvalue weighted by Crippen LogP contribution is -2.49. The van der Waals surface area contributed by atoms with E-state index in [1.54, 1.807) is 35.1 Å². The Hall–Kier alpha value is -2.98. The number of nitrogens with one attached hydrogen (secondary N) is 1. The van der Waals surface area contributed by atoms with E-state index in [9.17, 15) is 8.42 Å². The zero-order chi connectivity index (χ0) is 21.1. The molecule has 0 bridgehead atoms. The van der Waals surface area contributed by atoms with Gasteiger partial charge in [-0.15, -0.1) is 0 Å². The topological polar surface area (TPSA) is 96.2 Å². The Morgan fingerprint density at radius 3 is 2.43 bits per heavy atom. The van der Waals surface area contributed by atoms with Gasteiger partial charge in [-0.25, -0.2) is 18.1 Å². The summed E-state index contributed by atoms with van der Waals surface area (Å²) in [6, 6.07) is 10.5. The molecule has 0 spiro atoms. The monoisotopic (exact) mass is 427 g/mol. The second kappa shape index (κ2) is 8.41. The highest BCUT2D eigenvalue weighted by Gasteiger charge is 2.29. The standard InChI is InChI=1S/C20H25N7O2S/c1-3-21-19-15-16(2)23-20(24-19)25-11-13-26(14-12-25)30(28,29)18-7-5-17(6-8-18)27-10-4-9-22-27/h4-10,15H,3,11-14H2,1-2H3,(H,21,23,24). The van der Waals surface area contributed by atoms with E-state index in [0.29, 0.717) is 32.1 Å². The van der Waals surface area contributed by atoms with Crippen LogP contribution in [0.1, 0.15) is 12.6 Å². The summed E-state index contributed by atoms with van der Waals surface area (Å²) in [5, 5.41) is 7.37. The smallest absolute Gasteiger partial charge is 0.243 e. The molecule has 2 aromatic heterocycles. The Morgan fingerprint density at radius 1 is 1.07 bits per heavy atom. The number of sulfonamides is 1. The number of aryl methyl sites for hydroxylation is 1. The van der Waals surface area contributed by atoms with Crippen molar-refractivity contribution in [1.29, 1.82) is 0 Å². The molecule has 1 fully saturated rings. The zero-order valence-electron chi connectivity index (χ0n) is 17.1. The van der Waals surface area contributed by atoms with Crippen LogP contribution in [0.5, 0.6) is 0 Å². The second-order valence-electron chi connectivity index (χ2n) is 7.06. The van der Waals surface area contributed by atoms with Gasteiger partial charge in [-0.2, -0.15) is 14.4 Å². The third-order valence-electron chi connectivity index (χ3n) is 4.97. The van der Waals surface area contributed by atoms with Crippen LogP contribution in [0.4, 0.5) is 11.8 Å². The summed E-state index contributed by atoms with van der Waals surface area (Å²) in [6.07, 6.45) is 3.50. The molecule has 4 rings (SSSR count). The van der Waals surface area contributed by atoms with Gasteiger partial charge in [0, 0.05) is 56.9 Å². The maximum absolute atomic E-state index is 13.1. The van der Waals surface area contributed by atoms with Crippen molar-refractivity contribution >= 4 is 21.8 Å². The van der Waals surface area contributed by atoms with Crippen LogP contribution in [-0.4, -0.2) is 65.2 Å². The summed E-state index contributed by atoms with van der Waals surface area (Å²) in [4.78, 5) is 11.4. The van der Waals surface area contributed by atoms with Crippen LogP contribution in [0.15, 0.2) is 53.7 Å². The predicted octanol–water partition coefficient (Wildman–Crippen LogP) is 1.91. The molecule has 1 N–H and O–H groups in total. The zero-order valence-corrected chi connectivity index (χ0v) is 17.9. The molecular weight excluding hydrogens is 402 g/mol. The first kappa shape index (κ1) is 20.3. The lowest BCUT2D eigenvalue weighted by molar-refractivity contribution is 0.382. The Morgan fingerprint density at radius 2 is 1.80 bits per heavy atom. The third-order valence-corrected chi connectivity index (χ3v) is 6.88. The fourth-order valence-corrected chi connectivity index (χ4v) is 4.86. The Kier molecular flexibility index (Phi) is 5.69. The summed E-state index contributed by atoms with van der Waals surface area (Å²) in [5.41, 5.74) is 1.69. The van der Waals surface area contributed by atoms with Gasteiger partial charge in [-0.1, -0.05) is 0 Å². The van der Waals surface area contributed by atoms with Crippen LogP contribution < -0.4 is 10.2 Å². The van der Waals surface area contributed by atoms with Crippen molar-refractivity contribution in [1.82, 2.24) is 24.1 Å². The van der Waals surface area contributed by atoms with E-state index >= 15 is 0 Å². The summed E-state index contributed by atoms with van der Waals surface area (Å²) < 4.78 is 29.3. The van der Waals surface area contributed by atoms with Gasteiger partial charge in [-0.05, 0) is 44.2 Å². The molecular formula is C20H25N7O2S. The Bertz CT molecular complexity index is 1090. The van der Waals surface area contributed by atoms with E-state index in [2.05, 4.69) is 20.4 Å². The first-order valence-electron chi connectivity index (χ1n) is 9.92. The number of piperazine rings is 1. The molecule has 158 valence electrons. The quantitative estimate of drug-likeness (QED) is 0.642. The van der Waals surface area contributed by atoms with Crippen molar-refractivity contribution in [2.45, 2.75) is 18.7 Å². The maximum Gasteiger partial charge on any atom is 0.243 e. The highest BCUT2D eigenvalue weighted by Crippen LogP contribution is 2.21. The number of hydrogen-bond acceptors (Lipinski definition) is 7. The first-order valence-corrected chi connectivity index (χ1v) is 11.4. The molecule has 1 aliphatic rings. The molecule has 10 heteroatoms. The van der Waals surface area contributed by atoms with E-state index in [-0.39, 0.29) is 4.90 Å². The number of aromatic nitrogens is 4. The van der Waals surface area contributed by atoms with Gasteiger partial charge in [-0.3, -0.25) is 0 Å². The fourth-order valence-electron chi connectivity index (χ4n) is 3.44. The minimum Gasteiger partial charge on any atom is -0.370 e. The summed E-state index contributed by atoms with van der Waals surface area (Å²) in [6.45, 7) is 6.58. The molecule has 3 heterocycles. The first-order chi connectivity index (χ1) is 14.5. The van der Waals surface area contributed by atoms with Gasteiger partial charge in [0.05, 0.1) is 10.6 Å². The molecule has 0 saturated carbocycles. The van der Waals surface area contributed by atoms with Gasteiger partial charge >= 0.3 is 0 Å². The highest BCUT2D eigenvalue weighted by atomic mass is 32.2. The normalized spacial score (nSPS) is 15.3. The number of anilines is 2. The molecule has 9 nitrogen and oxygen atoms in total. The van der Waals surface area contributed by atoms with Crippen molar-refractivity contribution < 1.29 is 8.42 Å². The molecule has 0 aliphatic carbocycles. The molecule has 1 aliphatic heterocycles. The van der Waals surface area contributed by atoms with E-state index < -0.39 is 10.0 Å². The van der Waals surface area contributed by atoms with Crippen LogP contribution in [-0.2, 0) is 10.0 Å². The van der Waals surface area contributed by atoms with Crippen molar-refractivity contribution in [3.63, 3.8) is 0 Å². The van der Waals surface area contributed by atoms with Crippen molar-refractivity contribution in [2.75, 3.05) is 42.9 Å². The van der Waals surface area contributed by atoms with Gasteiger partial charge in [0.2, 0.25) is 16.0 Å². The summed E-state index contributed by atoms with van der Waals surface area (Å²) in [5.74, 6) is 1.42. The molecule has 0 atom stereocenters.